The Morgan fingerprint density at radius 2 is 1.76 bits per heavy atom. The van der Waals surface area contributed by atoms with Crippen molar-refractivity contribution >= 4 is 0 Å². The van der Waals surface area contributed by atoms with E-state index in [1.807, 2.05) is 0 Å². The summed E-state index contributed by atoms with van der Waals surface area (Å²) in [5.74, 6) is 0. The van der Waals surface area contributed by atoms with Gasteiger partial charge in [0, 0.05) is 6.04 Å². The van der Waals surface area contributed by atoms with Crippen LogP contribution in [0.5, 0.6) is 0 Å². The van der Waals surface area contributed by atoms with Crippen molar-refractivity contribution in [1.29, 1.82) is 0 Å². The number of nitrogens with one attached hydrogen (secondary N) is 1. The minimum Gasteiger partial charge on any atom is -0.310 e. The number of rotatable bonds is 6. The lowest BCUT2D eigenvalue weighted by Gasteiger charge is -2.19. The smallest absolute Gasteiger partial charge is 0.0323 e. The van der Waals surface area contributed by atoms with Crippen molar-refractivity contribution < 1.29 is 0 Å². The Morgan fingerprint density at radius 3 is 2.43 bits per heavy atom. The normalized spacial score (nSPS) is 12.4. The quantitative estimate of drug-likeness (QED) is 0.794. The Labute approximate surface area is 129 Å². The fourth-order valence-corrected chi connectivity index (χ4v) is 2.79. The van der Waals surface area contributed by atoms with Crippen molar-refractivity contribution in [2.24, 2.45) is 0 Å². The van der Waals surface area contributed by atoms with Crippen LogP contribution in [-0.4, -0.2) is 6.54 Å². The molecule has 0 spiro atoms. The van der Waals surface area contributed by atoms with Crippen LogP contribution in [0.15, 0.2) is 42.5 Å². The molecule has 1 heteroatoms. The van der Waals surface area contributed by atoms with Gasteiger partial charge in [0.25, 0.3) is 0 Å². The summed E-state index contributed by atoms with van der Waals surface area (Å²) in [4.78, 5) is 0. The standard InChI is InChI=1S/C20H27N/c1-5-21-20(19-11-9-16(3)17(4)14-19)12-10-18-8-6-7-15(2)13-18/h6-9,11,13-14,20-21H,5,10,12H2,1-4H3. The molecule has 0 fully saturated rings. The first-order valence-electron chi connectivity index (χ1n) is 7.96. The van der Waals surface area contributed by atoms with Crippen molar-refractivity contribution in [3.05, 3.63) is 70.3 Å². The van der Waals surface area contributed by atoms with Crippen molar-refractivity contribution in [3.8, 4) is 0 Å². The van der Waals surface area contributed by atoms with Crippen LogP contribution < -0.4 is 5.32 Å². The molecule has 1 atom stereocenters. The van der Waals surface area contributed by atoms with Crippen LogP contribution in [0.1, 0.15) is 47.2 Å². The van der Waals surface area contributed by atoms with Gasteiger partial charge in [0.1, 0.15) is 0 Å². The van der Waals surface area contributed by atoms with Crippen molar-refractivity contribution in [2.45, 2.75) is 46.6 Å². The van der Waals surface area contributed by atoms with Crippen molar-refractivity contribution in [3.63, 3.8) is 0 Å². The van der Waals surface area contributed by atoms with E-state index in [9.17, 15) is 0 Å². The first-order chi connectivity index (χ1) is 10.1. The number of hydrogen-bond acceptors (Lipinski definition) is 1. The molecule has 21 heavy (non-hydrogen) atoms. The first kappa shape index (κ1) is 15.8. The topological polar surface area (TPSA) is 12.0 Å². The zero-order valence-corrected chi connectivity index (χ0v) is 13.7. The van der Waals surface area contributed by atoms with Gasteiger partial charge in [-0.25, -0.2) is 0 Å². The Hall–Kier alpha value is -1.60. The van der Waals surface area contributed by atoms with Gasteiger partial charge in [0.05, 0.1) is 0 Å². The van der Waals surface area contributed by atoms with E-state index in [1.165, 1.54) is 27.8 Å². The molecule has 0 amide bonds. The van der Waals surface area contributed by atoms with Crippen LogP contribution in [0, 0.1) is 20.8 Å². The maximum Gasteiger partial charge on any atom is 0.0323 e. The highest BCUT2D eigenvalue weighted by Gasteiger charge is 2.11. The van der Waals surface area contributed by atoms with E-state index in [0.29, 0.717) is 6.04 Å². The summed E-state index contributed by atoms with van der Waals surface area (Å²) in [6.07, 6.45) is 2.26. The predicted octanol–water partition coefficient (Wildman–Crippen LogP) is 4.90. The molecule has 1 nitrogen and oxygen atoms in total. The fourth-order valence-electron chi connectivity index (χ4n) is 2.79. The van der Waals surface area contributed by atoms with E-state index in [-0.39, 0.29) is 0 Å². The van der Waals surface area contributed by atoms with Crippen LogP contribution in [0.25, 0.3) is 0 Å². The Bertz CT molecular complexity index is 586. The summed E-state index contributed by atoms with van der Waals surface area (Å²) >= 11 is 0. The average molecular weight is 281 g/mol. The lowest BCUT2D eigenvalue weighted by Crippen LogP contribution is -2.21. The maximum absolute atomic E-state index is 3.63. The Kier molecular flexibility index (Phi) is 5.58. The number of benzene rings is 2. The van der Waals surface area contributed by atoms with Crippen molar-refractivity contribution in [1.82, 2.24) is 5.32 Å². The monoisotopic (exact) mass is 281 g/mol. The second-order valence-electron chi connectivity index (χ2n) is 5.98. The van der Waals surface area contributed by atoms with Crippen LogP contribution in [0.2, 0.25) is 0 Å². The number of hydrogen-bond donors (Lipinski definition) is 1. The van der Waals surface area contributed by atoms with Gasteiger partial charge in [-0.3, -0.25) is 0 Å². The van der Waals surface area contributed by atoms with Gasteiger partial charge in [0.15, 0.2) is 0 Å². The summed E-state index contributed by atoms with van der Waals surface area (Å²) in [7, 11) is 0. The third-order valence-electron chi connectivity index (χ3n) is 4.19. The Morgan fingerprint density at radius 1 is 0.952 bits per heavy atom. The molecule has 2 aromatic rings. The van der Waals surface area contributed by atoms with Crippen LogP contribution in [0.3, 0.4) is 0 Å². The lowest BCUT2D eigenvalue weighted by molar-refractivity contribution is 0.515. The SMILES string of the molecule is CCNC(CCc1cccc(C)c1)c1ccc(C)c(C)c1. The minimum atomic E-state index is 0.440. The van der Waals surface area contributed by atoms with Crippen LogP contribution in [0.4, 0.5) is 0 Å². The van der Waals surface area contributed by atoms with E-state index in [1.54, 1.807) is 0 Å². The zero-order chi connectivity index (χ0) is 15.2. The molecule has 0 aliphatic rings. The third kappa shape index (κ3) is 4.44. The molecular weight excluding hydrogens is 254 g/mol. The van der Waals surface area contributed by atoms with Gasteiger partial charge >= 0.3 is 0 Å². The summed E-state index contributed by atoms with van der Waals surface area (Å²) in [5.41, 5.74) is 6.94. The molecule has 2 rings (SSSR count). The molecule has 0 bridgehead atoms. The summed E-state index contributed by atoms with van der Waals surface area (Å²) in [5, 5.41) is 3.63. The predicted molar refractivity (Wildman–Crippen MR) is 91.8 cm³/mol. The molecule has 1 N–H and O–H groups in total. The van der Waals surface area contributed by atoms with Gasteiger partial charge in [-0.05, 0) is 62.4 Å². The largest absolute Gasteiger partial charge is 0.310 e. The van der Waals surface area contributed by atoms with Gasteiger partial charge in [0.2, 0.25) is 0 Å². The molecule has 0 saturated carbocycles. The third-order valence-corrected chi connectivity index (χ3v) is 4.19. The summed E-state index contributed by atoms with van der Waals surface area (Å²) in [6.45, 7) is 9.72. The summed E-state index contributed by atoms with van der Waals surface area (Å²) in [6, 6.07) is 16.1. The molecule has 2 aromatic carbocycles. The van der Waals surface area contributed by atoms with Gasteiger partial charge in [-0.2, -0.15) is 0 Å². The maximum atomic E-state index is 3.63. The molecule has 112 valence electrons. The highest BCUT2D eigenvalue weighted by molar-refractivity contribution is 5.32. The second-order valence-corrected chi connectivity index (χ2v) is 5.98. The van der Waals surface area contributed by atoms with E-state index >= 15 is 0 Å². The molecular formula is C20H27N. The molecule has 0 radical (unpaired) electrons. The lowest BCUT2D eigenvalue weighted by atomic mass is 9.95. The van der Waals surface area contributed by atoms with E-state index < -0.39 is 0 Å². The highest BCUT2D eigenvalue weighted by atomic mass is 14.9. The average Bonchev–Trinajstić information content (AvgIpc) is 2.46. The van der Waals surface area contributed by atoms with Crippen LogP contribution in [-0.2, 0) is 6.42 Å². The number of aryl methyl sites for hydroxylation is 4. The van der Waals surface area contributed by atoms with Gasteiger partial charge in [-0.15, -0.1) is 0 Å². The molecule has 0 heterocycles. The van der Waals surface area contributed by atoms with Crippen molar-refractivity contribution in [2.75, 3.05) is 6.54 Å². The first-order valence-corrected chi connectivity index (χ1v) is 7.96. The van der Waals surface area contributed by atoms with E-state index in [2.05, 4.69) is 75.5 Å². The zero-order valence-electron chi connectivity index (χ0n) is 13.7. The van der Waals surface area contributed by atoms with E-state index in [0.717, 1.165) is 19.4 Å². The van der Waals surface area contributed by atoms with Crippen LogP contribution >= 0.6 is 0 Å². The second kappa shape index (κ2) is 7.42. The molecule has 0 aromatic heterocycles. The van der Waals surface area contributed by atoms with Gasteiger partial charge in [-0.1, -0.05) is 55.0 Å². The molecule has 0 saturated heterocycles. The molecule has 0 aliphatic carbocycles. The highest BCUT2D eigenvalue weighted by Crippen LogP contribution is 2.22. The molecule has 1 unspecified atom stereocenters. The molecule has 0 aliphatic heterocycles. The summed E-state index contributed by atoms with van der Waals surface area (Å²) < 4.78 is 0. The van der Waals surface area contributed by atoms with Gasteiger partial charge < -0.3 is 5.32 Å². The minimum absolute atomic E-state index is 0.440. The van der Waals surface area contributed by atoms with E-state index in [4.69, 9.17) is 0 Å². The Balaban J connectivity index is 2.09. The fraction of sp³-hybridized carbons (Fsp3) is 0.400.